The molecule has 0 N–H and O–H groups in total. The molecule has 15 heavy (non-hydrogen) atoms. The van der Waals surface area contributed by atoms with Crippen molar-refractivity contribution in [2.75, 3.05) is 7.05 Å². The second kappa shape index (κ2) is 4.23. The van der Waals surface area contributed by atoms with Gasteiger partial charge in [0, 0.05) is 11.6 Å². The molecule has 0 saturated carbocycles. The number of fused-ring (bicyclic) bond motifs is 1. The fourth-order valence-electron chi connectivity index (χ4n) is 2.39. The average Bonchev–Trinajstić information content (AvgIpc) is 2.28. The van der Waals surface area contributed by atoms with Gasteiger partial charge in [0.15, 0.2) is 6.23 Å². The second-order valence-electron chi connectivity index (χ2n) is 4.11. The van der Waals surface area contributed by atoms with Crippen molar-refractivity contribution in [2.24, 2.45) is 0 Å². The van der Waals surface area contributed by atoms with Crippen LogP contribution in [0.15, 0.2) is 24.3 Å². The molecule has 2 rings (SSSR count). The molecule has 82 valence electrons. The lowest BCUT2D eigenvalue weighted by atomic mass is 9.99. The summed E-state index contributed by atoms with van der Waals surface area (Å²) in [6, 6.07) is 8.88. The van der Waals surface area contributed by atoms with Crippen LogP contribution in [0.25, 0.3) is 0 Å². The Morgan fingerprint density at radius 2 is 1.93 bits per heavy atom. The molecule has 1 aromatic rings. The molecule has 2 heteroatoms. The number of benzene rings is 1. The third kappa shape index (κ3) is 1.74. The van der Waals surface area contributed by atoms with Crippen molar-refractivity contribution in [3.8, 4) is 5.75 Å². The van der Waals surface area contributed by atoms with E-state index >= 15 is 0 Å². The minimum atomic E-state index is 0.227. The lowest BCUT2D eigenvalue weighted by molar-refractivity contribution is -0.0125. The molecule has 0 unspecified atom stereocenters. The first-order valence-electron chi connectivity index (χ1n) is 5.75. The van der Waals surface area contributed by atoms with Crippen LogP contribution in [-0.4, -0.2) is 18.2 Å². The highest BCUT2D eigenvalue weighted by Crippen LogP contribution is 2.37. The average molecular weight is 205 g/mol. The van der Waals surface area contributed by atoms with Gasteiger partial charge < -0.3 is 4.74 Å². The van der Waals surface area contributed by atoms with Crippen LogP contribution < -0.4 is 4.74 Å². The van der Waals surface area contributed by atoms with Crippen molar-refractivity contribution >= 4 is 0 Å². The summed E-state index contributed by atoms with van der Waals surface area (Å²) >= 11 is 0. The standard InChI is InChI=1S/C13H19NO/c1-4-11-10-8-6-7-9-12(10)15-13(5-2)14(11)3/h6-9,11,13H,4-5H2,1-3H3/t11-,13+/m0/s1. The van der Waals surface area contributed by atoms with Gasteiger partial charge in [-0.05, 0) is 26.0 Å². The molecule has 0 radical (unpaired) electrons. The van der Waals surface area contributed by atoms with Crippen LogP contribution in [0.4, 0.5) is 0 Å². The number of ether oxygens (including phenoxy) is 1. The van der Waals surface area contributed by atoms with Crippen LogP contribution in [0.2, 0.25) is 0 Å². The van der Waals surface area contributed by atoms with Gasteiger partial charge in [0.2, 0.25) is 0 Å². The first-order chi connectivity index (χ1) is 7.27. The van der Waals surface area contributed by atoms with Crippen LogP contribution in [0.5, 0.6) is 5.75 Å². The number of para-hydroxylation sites is 1. The summed E-state index contributed by atoms with van der Waals surface area (Å²) in [6.07, 6.45) is 2.39. The minimum Gasteiger partial charge on any atom is -0.475 e. The van der Waals surface area contributed by atoms with E-state index in [9.17, 15) is 0 Å². The molecule has 0 spiro atoms. The summed E-state index contributed by atoms with van der Waals surface area (Å²) < 4.78 is 5.95. The maximum absolute atomic E-state index is 5.95. The molecule has 2 nitrogen and oxygen atoms in total. The molecular weight excluding hydrogens is 186 g/mol. The van der Waals surface area contributed by atoms with Gasteiger partial charge in [-0.1, -0.05) is 32.0 Å². The van der Waals surface area contributed by atoms with E-state index in [1.807, 2.05) is 6.07 Å². The first-order valence-corrected chi connectivity index (χ1v) is 5.75. The van der Waals surface area contributed by atoms with Crippen LogP contribution in [-0.2, 0) is 0 Å². The lowest BCUT2D eigenvalue weighted by Gasteiger charge is -2.40. The van der Waals surface area contributed by atoms with Crippen molar-refractivity contribution in [3.63, 3.8) is 0 Å². The van der Waals surface area contributed by atoms with Crippen LogP contribution in [0.1, 0.15) is 38.3 Å². The number of hydrogen-bond acceptors (Lipinski definition) is 2. The van der Waals surface area contributed by atoms with E-state index in [-0.39, 0.29) is 6.23 Å². The molecule has 0 amide bonds. The van der Waals surface area contributed by atoms with Crippen LogP contribution in [0, 0.1) is 0 Å². The second-order valence-corrected chi connectivity index (χ2v) is 4.11. The first kappa shape index (κ1) is 10.5. The summed E-state index contributed by atoms with van der Waals surface area (Å²) in [7, 11) is 2.15. The Morgan fingerprint density at radius 1 is 1.20 bits per heavy atom. The number of hydrogen-bond donors (Lipinski definition) is 0. The molecule has 0 aliphatic carbocycles. The number of rotatable bonds is 2. The van der Waals surface area contributed by atoms with Gasteiger partial charge in [-0.3, -0.25) is 4.90 Å². The molecule has 1 aliphatic rings. The highest BCUT2D eigenvalue weighted by atomic mass is 16.5. The number of nitrogens with zero attached hydrogens (tertiary/aromatic N) is 1. The Kier molecular flexibility index (Phi) is 2.96. The zero-order valence-electron chi connectivity index (χ0n) is 9.73. The monoisotopic (exact) mass is 205 g/mol. The quantitative estimate of drug-likeness (QED) is 0.735. The fraction of sp³-hybridized carbons (Fsp3) is 0.538. The molecule has 0 bridgehead atoms. The predicted octanol–water partition coefficient (Wildman–Crippen LogP) is 3.20. The van der Waals surface area contributed by atoms with Gasteiger partial charge in [0.05, 0.1) is 0 Å². The maximum atomic E-state index is 5.95. The topological polar surface area (TPSA) is 12.5 Å². The Morgan fingerprint density at radius 3 is 2.60 bits per heavy atom. The van der Waals surface area contributed by atoms with E-state index in [0.717, 1.165) is 18.6 Å². The molecule has 2 atom stereocenters. The molecular formula is C13H19NO. The highest BCUT2D eigenvalue weighted by Gasteiger charge is 2.30. The summed E-state index contributed by atoms with van der Waals surface area (Å²) in [4.78, 5) is 2.34. The molecule has 1 aliphatic heterocycles. The molecule has 0 saturated heterocycles. The zero-order chi connectivity index (χ0) is 10.8. The Bertz CT molecular complexity index is 337. The van der Waals surface area contributed by atoms with E-state index in [1.54, 1.807) is 0 Å². The SMILES string of the molecule is CC[C@H]1Oc2ccccc2[C@H](CC)N1C. The predicted molar refractivity (Wildman–Crippen MR) is 61.9 cm³/mol. The Labute approximate surface area is 91.9 Å². The van der Waals surface area contributed by atoms with E-state index in [2.05, 4.69) is 44.0 Å². The smallest absolute Gasteiger partial charge is 0.152 e. The lowest BCUT2D eigenvalue weighted by Crippen LogP contribution is -2.42. The maximum Gasteiger partial charge on any atom is 0.152 e. The van der Waals surface area contributed by atoms with Gasteiger partial charge in [-0.25, -0.2) is 0 Å². The molecule has 1 aromatic carbocycles. The summed E-state index contributed by atoms with van der Waals surface area (Å²) in [5.74, 6) is 1.06. The fourth-order valence-corrected chi connectivity index (χ4v) is 2.39. The largest absolute Gasteiger partial charge is 0.475 e. The Balaban J connectivity index is 2.38. The van der Waals surface area contributed by atoms with Crippen molar-refractivity contribution < 1.29 is 4.74 Å². The summed E-state index contributed by atoms with van der Waals surface area (Å²) in [6.45, 7) is 4.40. The summed E-state index contributed by atoms with van der Waals surface area (Å²) in [5.41, 5.74) is 1.33. The Hall–Kier alpha value is -1.02. The zero-order valence-corrected chi connectivity index (χ0v) is 9.73. The van der Waals surface area contributed by atoms with Crippen LogP contribution in [0.3, 0.4) is 0 Å². The van der Waals surface area contributed by atoms with Crippen molar-refractivity contribution in [2.45, 2.75) is 39.0 Å². The van der Waals surface area contributed by atoms with E-state index < -0.39 is 0 Å². The molecule has 1 heterocycles. The van der Waals surface area contributed by atoms with E-state index in [1.165, 1.54) is 5.56 Å². The van der Waals surface area contributed by atoms with E-state index in [0.29, 0.717) is 6.04 Å². The minimum absolute atomic E-state index is 0.227. The normalized spacial score (nSPS) is 25.8. The third-order valence-electron chi connectivity index (χ3n) is 3.22. The molecule has 0 fully saturated rings. The van der Waals surface area contributed by atoms with Gasteiger partial charge in [0.25, 0.3) is 0 Å². The van der Waals surface area contributed by atoms with Crippen LogP contribution >= 0.6 is 0 Å². The van der Waals surface area contributed by atoms with Gasteiger partial charge in [-0.15, -0.1) is 0 Å². The van der Waals surface area contributed by atoms with Crippen molar-refractivity contribution in [1.82, 2.24) is 4.90 Å². The summed E-state index contributed by atoms with van der Waals surface area (Å²) in [5, 5.41) is 0. The van der Waals surface area contributed by atoms with Gasteiger partial charge in [0.1, 0.15) is 5.75 Å². The van der Waals surface area contributed by atoms with Crippen molar-refractivity contribution in [1.29, 1.82) is 0 Å². The van der Waals surface area contributed by atoms with Gasteiger partial charge >= 0.3 is 0 Å². The van der Waals surface area contributed by atoms with Gasteiger partial charge in [-0.2, -0.15) is 0 Å². The highest BCUT2D eigenvalue weighted by molar-refractivity contribution is 5.37. The third-order valence-corrected chi connectivity index (χ3v) is 3.22. The van der Waals surface area contributed by atoms with E-state index in [4.69, 9.17) is 4.74 Å². The van der Waals surface area contributed by atoms with Crippen molar-refractivity contribution in [3.05, 3.63) is 29.8 Å². The molecule has 0 aromatic heterocycles.